The van der Waals surface area contributed by atoms with Crippen LogP contribution in [0.2, 0.25) is 0 Å². The van der Waals surface area contributed by atoms with Crippen LogP contribution in [0.5, 0.6) is 0 Å². The molecule has 0 atom stereocenters. The highest BCUT2D eigenvalue weighted by atomic mass is 14.9. The molecule has 0 saturated heterocycles. The van der Waals surface area contributed by atoms with Crippen LogP contribution in [0.15, 0.2) is 42.6 Å². The molecule has 2 aromatic carbocycles. The van der Waals surface area contributed by atoms with E-state index >= 15 is 0 Å². The Bertz CT molecular complexity index is 931. The van der Waals surface area contributed by atoms with Gasteiger partial charge in [0.1, 0.15) is 7.05 Å². The molecule has 0 radical (unpaired) electrons. The van der Waals surface area contributed by atoms with E-state index < -0.39 is 0 Å². The monoisotopic (exact) mass is 287 g/mol. The molecule has 0 aliphatic carbocycles. The second kappa shape index (κ2) is 5.27. The predicted octanol–water partition coefficient (Wildman–Crippen LogP) is 4.81. The second-order valence-corrected chi connectivity index (χ2v) is 5.95. The summed E-state index contributed by atoms with van der Waals surface area (Å²) < 4.78 is 2.17. The summed E-state index contributed by atoms with van der Waals surface area (Å²) in [6.07, 6.45) is 2.13. The first-order valence-corrected chi connectivity index (χ1v) is 7.38. The molecule has 1 heterocycles. The van der Waals surface area contributed by atoms with E-state index in [0.717, 1.165) is 10.8 Å². The van der Waals surface area contributed by atoms with Gasteiger partial charge in [0.25, 0.3) is 0 Å². The molecular weight excluding hydrogens is 268 g/mol. The van der Waals surface area contributed by atoms with Crippen LogP contribution in [0.3, 0.4) is 0 Å². The fraction of sp³-hybridized carbons (Fsp3) is 0.200. The van der Waals surface area contributed by atoms with Crippen molar-refractivity contribution in [2.45, 2.75) is 20.8 Å². The van der Waals surface area contributed by atoms with Gasteiger partial charge in [0.05, 0.1) is 6.57 Å². The average Bonchev–Trinajstić information content (AvgIpc) is 2.50. The van der Waals surface area contributed by atoms with Crippen molar-refractivity contribution in [1.82, 2.24) is 0 Å². The largest absolute Gasteiger partial charge is 0.238 e. The molecule has 0 amide bonds. The van der Waals surface area contributed by atoms with Crippen LogP contribution in [-0.4, -0.2) is 0 Å². The zero-order valence-electron chi connectivity index (χ0n) is 13.4. The van der Waals surface area contributed by atoms with E-state index in [4.69, 9.17) is 6.57 Å². The summed E-state index contributed by atoms with van der Waals surface area (Å²) in [6, 6.07) is 12.5. The van der Waals surface area contributed by atoms with E-state index in [2.05, 4.69) is 61.6 Å². The van der Waals surface area contributed by atoms with Gasteiger partial charge >= 0.3 is 0 Å². The Hall–Kier alpha value is -2.66. The van der Waals surface area contributed by atoms with E-state index in [0.29, 0.717) is 5.69 Å². The van der Waals surface area contributed by atoms with Crippen LogP contribution < -0.4 is 4.57 Å². The number of fused-ring (bicyclic) bond motifs is 1. The Morgan fingerprint density at radius 3 is 2.45 bits per heavy atom. The van der Waals surface area contributed by atoms with E-state index in [-0.39, 0.29) is 0 Å². The lowest BCUT2D eigenvalue weighted by molar-refractivity contribution is -0.659. The van der Waals surface area contributed by atoms with Gasteiger partial charge in [-0.25, -0.2) is 9.41 Å². The van der Waals surface area contributed by atoms with Crippen LogP contribution in [-0.2, 0) is 7.05 Å². The van der Waals surface area contributed by atoms with Crippen molar-refractivity contribution in [2.75, 3.05) is 0 Å². The number of aryl methyl sites for hydroxylation is 3. The van der Waals surface area contributed by atoms with Crippen molar-refractivity contribution in [3.05, 3.63) is 70.7 Å². The normalized spacial score (nSPS) is 10.7. The minimum atomic E-state index is 0.685. The molecule has 0 fully saturated rings. The van der Waals surface area contributed by atoms with Gasteiger partial charge in [0, 0.05) is 17.0 Å². The minimum absolute atomic E-state index is 0.685. The number of rotatable bonds is 1. The predicted molar refractivity (Wildman–Crippen MR) is 91.0 cm³/mol. The summed E-state index contributed by atoms with van der Waals surface area (Å²) in [5.74, 6) is 0. The van der Waals surface area contributed by atoms with Crippen LogP contribution >= 0.6 is 0 Å². The zero-order valence-corrected chi connectivity index (χ0v) is 13.4. The highest BCUT2D eigenvalue weighted by Gasteiger charge is 2.15. The number of benzene rings is 2. The fourth-order valence-corrected chi connectivity index (χ4v) is 2.98. The Morgan fingerprint density at radius 1 is 0.955 bits per heavy atom. The molecular formula is C20H19N2+. The van der Waals surface area contributed by atoms with Gasteiger partial charge < -0.3 is 0 Å². The van der Waals surface area contributed by atoms with Gasteiger partial charge in [0.15, 0.2) is 11.9 Å². The van der Waals surface area contributed by atoms with Crippen molar-refractivity contribution in [3.63, 3.8) is 0 Å². The van der Waals surface area contributed by atoms with E-state index in [1.165, 1.54) is 27.9 Å². The van der Waals surface area contributed by atoms with Crippen LogP contribution in [0.4, 0.5) is 5.69 Å². The van der Waals surface area contributed by atoms with Crippen LogP contribution in [0.1, 0.15) is 16.7 Å². The van der Waals surface area contributed by atoms with Crippen molar-refractivity contribution >= 4 is 16.5 Å². The summed E-state index contributed by atoms with van der Waals surface area (Å²) >= 11 is 0. The molecule has 0 aliphatic rings. The number of hydrogen-bond acceptors (Lipinski definition) is 0. The van der Waals surface area contributed by atoms with Gasteiger partial charge in [-0.1, -0.05) is 23.8 Å². The standard InChI is InChI=1S/C20H19N2/c1-13-8-14(2)15(3)19(9-13)20-11-17-10-18(21-4)7-6-16(17)12-22(20)5/h6-12H,1-3,5H3/q+1. The van der Waals surface area contributed by atoms with E-state index in [9.17, 15) is 0 Å². The Balaban J connectivity index is 2.31. The lowest BCUT2D eigenvalue weighted by Gasteiger charge is -2.10. The summed E-state index contributed by atoms with van der Waals surface area (Å²) in [7, 11) is 2.08. The molecule has 22 heavy (non-hydrogen) atoms. The minimum Gasteiger partial charge on any atom is -0.238 e. The van der Waals surface area contributed by atoms with Gasteiger partial charge in [-0.05, 0) is 49.4 Å². The van der Waals surface area contributed by atoms with Gasteiger partial charge in [0.2, 0.25) is 5.69 Å². The van der Waals surface area contributed by atoms with Gasteiger partial charge in [-0.15, -0.1) is 0 Å². The Kier molecular flexibility index (Phi) is 3.42. The first kappa shape index (κ1) is 14.3. The third kappa shape index (κ3) is 2.35. The SMILES string of the molecule is [C-]#[N+]c1ccc2c[n+](C)c(-c3cc(C)cc(C)c3C)cc2c1. The molecule has 0 spiro atoms. The first-order valence-electron chi connectivity index (χ1n) is 7.38. The number of nitrogens with zero attached hydrogens (tertiary/aromatic N) is 2. The quantitative estimate of drug-likeness (QED) is 0.448. The smallest absolute Gasteiger partial charge is 0.213 e. The first-order chi connectivity index (χ1) is 10.5. The molecule has 0 unspecified atom stereocenters. The number of pyridine rings is 1. The van der Waals surface area contributed by atoms with Crippen molar-refractivity contribution < 1.29 is 4.57 Å². The number of hydrogen-bond donors (Lipinski definition) is 0. The van der Waals surface area contributed by atoms with Crippen LogP contribution in [0, 0.1) is 27.3 Å². The second-order valence-electron chi connectivity index (χ2n) is 5.95. The van der Waals surface area contributed by atoms with Crippen molar-refractivity contribution in [2.24, 2.45) is 7.05 Å². The molecule has 108 valence electrons. The van der Waals surface area contributed by atoms with Gasteiger partial charge in [-0.2, -0.15) is 0 Å². The summed E-state index contributed by atoms with van der Waals surface area (Å²) in [5.41, 5.74) is 7.01. The maximum Gasteiger partial charge on any atom is 0.213 e. The molecule has 0 N–H and O–H groups in total. The maximum atomic E-state index is 7.19. The lowest BCUT2D eigenvalue weighted by Crippen LogP contribution is -2.30. The summed E-state index contributed by atoms with van der Waals surface area (Å²) in [6.45, 7) is 13.6. The highest BCUT2D eigenvalue weighted by molar-refractivity contribution is 5.87. The average molecular weight is 287 g/mol. The third-order valence-corrected chi connectivity index (χ3v) is 4.29. The summed E-state index contributed by atoms with van der Waals surface area (Å²) in [5, 5.41) is 2.26. The molecule has 0 bridgehead atoms. The van der Waals surface area contributed by atoms with E-state index in [1.807, 2.05) is 18.2 Å². The maximum absolute atomic E-state index is 7.19. The molecule has 3 rings (SSSR count). The number of aromatic nitrogens is 1. The molecule has 2 nitrogen and oxygen atoms in total. The van der Waals surface area contributed by atoms with Gasteiger partial charge in [-0.3, -0.25) is 0 Å². The van der Waals surface area contributed by atoms with Crippen molar-refractivity contribution in [3.8, 4) is 11.3 Å². The topological polar surface area (TPSA) is 8.24 Å². The fourth-order valence-electron chi connectivity index (χ4n) is 2.98. The third-order valence-electron chi connectivity index (χ3n) is 4.29. The molecule has 1 aromatic heterocycles. The molecule has 0 saturated carbocycles. The summed E-state index contributed by atoms with van der Waals surface area (Å²) in [4.78, 5) is 3.53. The molecule has 0 aliphatic heterocycles. The van der Waals surface area contributed by atoms with Crippen LogP contribution in [0.25, 0.3) is 26.9 Å². The Morgan fingerprint density at radius 2 is 1.73 bits per heavy atom. The highest BCUT2D eigenvalue weighted by Crippen LogP contribution is 2.28. The van der Waals surface area contributed by atoms with E-state index in [1.54, 1.807) is 0 Å². The molecule has 2 heteroatoms. The Labute approximate surface area is 131 Å². The lowest BCUT2D eigenvalue weighted by atomic mass is 9.96. The van der Waals surface area contributed by atoms with Crippen molar-refractivity contribution in [1.29, 1.82) is 0 Å². The zero-order chi connectivity index (χ0) is 15.9. The molecule has 3 aromatic rings.